The molecule has 1 aromatic rings. The molecule has 0 saturated heterocycles. The highest BCUT2D eigenvalue weighted by Crippen LogP contribution is 2.28. The molecule has 0 bridgehead atoms. The molecule has 100 valence electrons. The first-order valence-electron chi connectivity index (χ1n) is 5.20. The lowest BCUT2D eigenvalue weighted by Crippen LogP contribution is -2.12. The molecule has 1 amide bonds. The second-order valence-corrected chi connectivity index (χ2v) is 4.77. The number of halogens is 1. The third kappa shape index (κ3) is 4.47. The molecule has 0 radical (unpaired) electrons. The Bertz CT molecular complexity index is 428. The van der Waals surface area contributed by atoms with Crippen molar-refractivity contribution in [3.63, 3.8) is 0 Å². The minimum Gasteiger partial charge on any atom is -0.326 e. The molecule has 0 fully saturated rings. The summed E-state index contributed by atoms with van der Waals surface area (Å²) in [5.74, 6) is 0.169. The molecule has 0 spiro atoms. The minimum absolute atomic E-state index is 0.122. The van der Waals surface area contributed by atoms with Crippen molar-refractivity contribution < 1.29 is 19.4 Å². The fraction of sp³-hybridized carbons (Fsp3) is 0.364. The molecule has 0 aliphatic carbocycles. The Morgan fingerprint density at radius 3 is 2.78 bits per heavy atom. The Balaban J connectivity index is 2.82. The zero-order valence-electron chi connectivity index (χ0n) is 10.0. The van der Waals surface area contributed by atoms with Gasteiger partial charge in [0.2, 0.25) is 5.91 Å². The lowest BCUT2D eigenvalue weighted by molar-refractivity contribution is -0.432. The first-order chi connectivity index (χ1) is 8.58. The molecule has 0 aliphatic rings. The maximum Gasteiger partial charge on any atom is 0.225 e. The summed E-state index contributed by atoms with van der Waals surface area (Å²) in [5.41, 5.74) is 2.51. The molecule has 0 aromatic heterocycles. The zero-order valence-corrected chi connectivity index (χ0v) is 11.6. The van der Waals surface area contributed by atoms with Gasteiger partial charge in [-0.25, -0.2) is 5.26 Å². The van der Waals surface area contributed by atoms with Crippen LogP contribution in [0.25, 0.3) is 0 Å². The maximum absolute atomic E-state index is 11.5. The number of carbonyl (C=O) groups is 1. The molecule has 18 heavy (non-hydrogen) atoms. The number of alkyl halides is 1. The summed E-state index contributed by atoms with van der Waals surface area (Å²) in [4.78, 5) is 12.2. The number of anilines is 1. The van der Waals surface area contributed by atoms with Crippen LogP contribution in [0.2, 0.25) is 0 Å². The largest absolute Gasteiger partial charge is 0.326 e. The maximum atomic E-state index is 11.5. The van der Waals surface area contributed by atoms with Crippen LogP contribution in [0.3, 0.4) is 0 Å². The summed E-state index contributed by atoms with van der Waals surface area (Å²) < 4.78 is 4.38. The van der Waals surface area contributed by atoms with Crippen LogP contribution < -0.4 is 5.32 Å². The van der Waals surface area contributed by atoms with Gasteiger partial charge in [-0.15, -0.1) is 15.9 Å². The Hall–Kier alpha value is -0.790. The average molecular weight is 292 g/mol. The Morgan fingerprint density at radius 2 is 2.17 bits per heavy atom. The number of aryl methyl sites for hydroxylation is 2. The normalized spacial score (nSPS) is 10.4. The van der Waals surface area contributed by atoms with Gasteiger partial charge in [-0.3, -0.25) is 4.79 Å². The molecule has 0 heterocycles. The summed E-state index contributed by atoms with van der Waals surface area (Å²) in [6.07, 6.45) is 0.276. The van der Waals surface area contributed by atoms with E-state index in [4.69, 9.17) is 16.9 Å². The smallest absolute Gasteiger partial charge is 0.225 e. The molecule has 5 nitrogen and oxygen atoms in total. The van der Waals surface area contributed by atoms with E-state index in [1.165, 1.54) is 0 Å². The van der Waals surface area contributed by atoms with Gasteiger partial charge in [0.15, 0.2) is 0 Å². The molecule has 0 saturated carbocycles. The van der Waals surface area contributed by atoms with E-state index in [1.807, 2.05) is 26.0 Å². The fourth-order valence-electron chi connectivity index (χ4n) is 1.36. The monoisotopic (exact) mass is 291 g/mol. The fourth-order valence-corrected chi connectivity index (χ4v) is 2.06. The van der Waals surface area contributed by atoms with Crippen LogP contribution in [0.15, 0.2) is 17.0 Å². The Labute approximate surface area is 114 Å². The molecule has 7 heteroatoms. The third-order valence-corrected chi connectivity index (χ3v) is 3.21. The highest BCUT2D eigenvalue weighted by atomic mass is 35.5. The number of carbonyl (C=O) groups excluding carboxylic acids is 1. The number of benzene rings is 1. The lowest BCUT2D eigenvalue weighted by atomic mass is 10.1. The van der Waals surface area contributed by atoms with Crippen LogP contribution in [0.4, 0.5) is 5.69 Å². The van der Waals surface area contributed by atoms with Crippen molar-refractivity contribution in [1.82, 2.24) is 0 Å². The summed E-state index contributed by atoms with van der Waals surface area (Å²) >= 11 is 6.39. The van der Waals surface area contributed by atoms with Crippen LogP contribution in [0.1, 0.15) is 17.5 Å². The number of rotatable bonds is 6. The van der Waals surface area contributed by atoms with Crippen molar-refractivity contribution in [1.29, 1.82) is 0 Å². The van der Waals surface area contributed by atoms with E-state index in [2.05, 4.69) is 14.7 Å². The van der Waals surface area contributed by atoms with Crippen LogP contribution in [0, 0.1) is 13.8 Å². The van der Waals surface area contributed by atoms with Gasteiger partial charge in [0.1, 0.15) is 0 Å². The Kier molecular flexibility index (Phi) is 6.45. The number of amides is 1. The highest BCUT2D eigenvalue weighted by molar-refractivity contribution is 7.94. The van der Waals surface area contributed by atoms with E-state index in [0.717, 1.165) is 33.8 Å². The summed E-state index contributed by atoms with van der Waals surface area (Å²) in [5, 5.41) is 14.4. The molecular formula is C11H14ClNO4S. The van der Waals surface area contributed by atoms with Crippen molar-refractivity contribution in [2.24, 2.45) is 0 Å². The SMILES string of the molecule is Cc1cc(SOOO)c(C)cc1NC(=O)CCCl. The third-order valence-electron chi connectivity index (χ3n) is 2.27. The van der Waals surface area contributed by atoms with E-state index in [0.29, 0.717) is 5.88 Å². The van der Waals surface area contributed by atoms with Crippen molar-refractivity contribution in [3.05, 3.63) is 23.3 Å². The topological polar surface area (TPSA) is 67.8 Å². The van der Waals surface area contributed by atoms with Crippen LogP contribution >= 0.6 is 23.6 Å². The molecule has 2 N–H and O–H groups in total. The summed E-state index contributed by atoms with van der Waals surface area (Å²) in [6, 6.07) is 3.65. The molecule has 1 rings (SSSR count). The molecule has 0 aliphatic heterocycles. The first-order valence-corrected chi connectivity index (χ1v) is 6.48. The first kappa shape index (κ1) is 15.3. The van der Waals surface area contributed by atoms with Gasteiger partial charge in [0.25, 0.3) is 0 Å². The van der Waals surface area contributed by atoms with E-state index in [-0.39, 0.29) is 12.3 Å². The van der Waals surface area contributed by atoms with Gasteiger partial charge >= 0.3 is 0 Å². The zero-order chi connectivity index (χ0) is 13.5. The average Bonchev–Trinajstić information content (AvgIpc) is 2.32. The number of hydrogen-bond donors (Lipinski definition) is 2. The number of nitrogens with one attached hydrogen (secondary N) is 1. The van der Waals surface area contributed by atoms with Crippen molar-refractivity contribution >= 4 is 35.2 Å². The summed E-state index contributed by atoms with van der Waals surface area (Å²) in [7, 11) is 0. The van der Waals surface area contributed by atoms with Crippen LogP contribution in [-0.4, -0.2) is 17.0 Å². The quantitative estimate of drug-likeness (QED) is 0.364. The Morgan fingerprint density at radius 1 is 1.44 bits per heavy atom. The molecule has 0 atom stereocenters. The van der Waals surface area contributed by atoms with Crippen molar-refractivity contribution in [2.45, 2.75) is 25.2 Å². The van der Waals surface area contributed by atoms with Gasteiger partial charge in [-0.05, 0) is 37.1 Å². The van der Waals surface area contributed by atoms with Gasteiger partial charge in [0, 0.05) is 22.9 Å². The summed E-state index contributed by atoms with van der Waals surface area (Å²) in [6.45, 7) is 3.72. The molecule has 1 aromatic carbocycles. The second kappa shape index (κ2) is 7.60. The van der Waals surface area contributed by atoms with Crippen LogP contribution in [0.5, 0.6) is 0 Å². The van der Waals surface area contributed by atoms with Gasteiger partial charge < -0.3 is 5.32 Å². The minimum atomic E-state index is -0.122. The van der Waals surface area contributed by atoms with E-state index >= 15 is 0 Å². The van der Waals surface area contributed by atoms with Crippen LogP contribution in [-0.2, 0) is 14.2 Å². The standard InChI is InChI=1S/C11H14ClNO4S/c1-7-6-10(18-17-16-15)8(2)5-9(7)13-11(14)3-4-12/h5-6,15H,3-4H2,1-2H3,(H,13,14). The van der Waals surface area contributed by atoms with Gasteiger partial charge in [-0.2, -0.15) is 0 Å². The molecular weight excluding hydrogens is 278 g/mol. The number of hydrogen-bond acceptors (Lipinski definition) is 5. The predicted octanol–water partition coefficient (Wildman–Crippen LogP) is 3.30. The van der Waals surface area contributed by atoms with Crippen molar-refractivity contribution in [3.8, 4) is 0 Å². The predicted molar refractivity (Wildman–Crippen MR) is 70.5 cm³/mol. The second-order valence-electron chi connectivity index (χ2n) is 3.65. The van der Waals surface area contributed by atoms with E-state index < -0.39 is 0 Å². The molecule has 0 unspecified atom stereocenters. The van der Waals surface area contributed by atoms with Gasteiger partial charge in [-0.1, -0.05) is 5.04 Å². The van der Waals surface area contributed by atoms with E-state index in [9.17, 15) is 4.79 Å². The highest BCUT2D eigenvalue weighted by Gasteiger charge is 2.09. The lowest BCUT2D eigenvalue weighted by Gasteiger charge is -2.11. The van der Waals surface area contributed by atoms with Gasteiger partial charge in [0.05, 0.1) is 12.0 Å². The van der Waals surface area contributed by atoms with Crippen molar-refractivity contribution in [2.75, 3.05) is 11.2 Å². The van der Waals surface area contributed by atoms with E-state index in [1.54, 1.807) is 0 Å².